The lowest BCUT2D eigenvalue weighted by Gasteiger charge is -2.27. The maximum absolute atomic E-state index is 12.6. The number of aryl methyl sites for hydroxylation is 1. The van der Waals surface area contributed by atoms with Gasteiger partial charge in [0.2, 0.25) is 5.91 Å². The largest absolute Gasteiger partial charge is 0.336 e. The van der Waals surface area contributed by atoms with Gasteiger partial charge >= 0.3 is 0 Å². The molecule has 0 aliphatic carbocycles. The Morgan fingerprint density at radius 1 is 1.17 bits per heavy atom. The second kappa shape index (κ2) is 8.11. The summed E-state index contributed by atoms with van der Waals surface area (Å²) in [7, 11) is 0. The monoisotopic (exact) mass is 376 g/mol. The lowest BCUT2D eigenvalue weighted by atomic mass is 10.1. The first-order valence-electron chi connectivity index (χ1n) is 7.67. The zero-order chi connectivity index (χ0) is 16.8. The van der Waals surface area contributed by atoms with Crippen LogP contribution in [0.25, 0.3) is 0 Å². The maximum Gasteiger partial charge on any atom is 0.250 e. The Morgan fingerprint density at radius 3 is 2.52 bits per heavy atom. The minimum absolute atomic E-state index is 0.0516. The van der Waals surface area contributed by atoms with Gasteiger partial charge in [-0.2, -0.15) is 0 Å². The van der Waals surface area contributed by atoms with Crippen LogP contribution in [-0.2, 0) is 17.9 Å². The molecule has 0 fully saturated rings. The highest BCUT2D eigenvalue weighted by atomic mass is 79.9. The smallest absolute Gasteiger partial charge is 0.250 e. The fourth-order valence-electron chi connectivity index (χ4n) is 2.38. The van der Waals surface area contributed by atoms with E-state index in [0.29, 0.717) is 19.5 Å². The molecular weight excluding hydrogens is 356 g/mol. The van der Waals surface area contributed by atoms with E-state index < -0.39 is 0 Å². The van der Waals surface area contributed by atoms with E-state index in [1.54, 1.807) is 16.8 Å². The van der Waals surface area contributed by atoms with Crippen molar-refractivity contribution in [3.05, 3.63) is 69.1 Å². The van der Waals surface area contributed by atoms with Crippen molar-refractivity contribution < 1.29 is 4.79 Å². The molecule has 1 aromatic carbocycles. The van der Waals surface area contributed by atoms with Gasteiger partial charge in [-0.15, -0.1) is 0 Å². The Morgan fingerprint density at radius 2 is 1.87 bits per heavy atom. The van der Waals surface area contributed by atoms with Crippen molar-refractivity contribution in [3.8, 4) is 0 Å². The van der Waals surface area contributed by atoms with Crippen molar-refractivity contribution in [1.82, 2.24) is 9.47 Å². The van der Waals surface area contributed by atoms with Gasteiger partial charge in [0.25, 0.3) is 5.56 Å². The van der Waals surface area contributed by atoms with Crippen LogP contribution in [0.15, 0.2) is 57.9 Å². The lowest BCUT2D eigenvalue weighted by Crippen LogP contribution is -2.37. The van der Waals surface area contributed by atoms with Crippen LogP contribution in [0.3, 0.4) is 0 Å². The summed E-state index contributed by atoms with van der Waals surface area (Å²) in [4.78, 5) is 26.2. The number of halogens is 1. The molecule has 0 aliphatic heterocycles. The third-order valence-corrected chi connectivity index (χ3v) is 4.12. The standard InChI is InChI=1S/C18H21BrN2O2/c1-14(2)21(12-15-6-4-3-5-7-15)18(23)10-11-20-13-16(19)8-9-17(20)22/h3-9,13-14H,10-12H2,1-2H3. The molecule has 0 bridgehead atoms. The van der Waals surface area contributed by atoms with Crippen LogP contribution in [0, 0.1) is 0 Å². The Hall–Kier alpha value is -1.88. The normalized spacial score (nSPS) is 10.8. The highest BCUT2D eigenvalue weighted by Gasteiger charge is 2.17. The fraction of sp³-hybridized carbons (Fsp3) is 0.333. The Bertz CT molecular complexity index is 710. The molecule has 4 nitrogen and oxygen atoms in total. The van der Waals surface area contributed by atoms with Gasteiger partial charge < -0.3 is 9.47 Å². The zero-order valence-electron chi connectivity index (χ0n) is 13.4. The molecule has 0 spiro atoms. The molecule has 23 heavy (non-hydrogen) atoms. The van der Waals surface area contributed by atoms with Crippen LogP contribution in [0.4, 0.5) is 0 Å². The molecule has 1 amide bonds. The molecular formula is C18H21BrN2O2. The van der Waals surface area contributed by atoms with Crippen LogP contribution in [0.5, 0.6) is 0 Å². The first-order chi connectivity index (χ1) is 11.0. The molecule has 0 unspecified atom stereocenters. The molecule has 2 rings (SSSR count). The summed E-state index contributed by atoms with van der Waals surface area (Å²) in [6, 6.07) is 13.3. The van der Waals surface area contributed by atoms with Gasteiger partial charge in [0.1, 0.15) is 0 Å². The Labute approximate surface area is 144 Å². The number of hydrogen-bond donors (Lipinski definition) is 0. The molecule has 0 radical (unpaired) electrons. The summed E-state index contributed by atoms with van der Waals surface area (Å²) in [5.41, 5.74) is 1.01. The van der Waals surface area contributed by atoms with Crippen molar-refractivity contribution in [1.29, 1.82) is 0 Å². The molecule has 0 saturated carbocycles. The number of carbonyl (C=O) groups is 1. The number of carbonyl (C=O) groups excluding carboxylic acids is 1. The molecule has 2 aromatic rings. The summed E-state index contributed by atoms with van der Waals surface area (Å²) in [6.07, 6.45) is 2.02. The highest BCUT2D eigenvalue weighted by Crippen LogP contribution is 2.11. The Balaban J connectivity index is 2.04. The van der Waals surface area contributed by atoms with Crippen molar-refractivity contribution in [2.45, 2.75) is 39.4 Å². The number of aromatic nitrogens is 1. The zero-order valence-corrected chi connectivity index (χ0v) is 15.0. The fourth-order valence-corrected chi connectivity index (χ4v) is 2.75. The molecule has 0 N–H and O–H groups in total. The van der Waals surface area contributed by atoms with Crippen LogP contribution in [-0.4, -0.2) is 21.4 Å². The minimum Gasteiger partial charge on any atom is -0.336 e. The predicted octanol–water partition coefficient (Wildman–Crippen LogP) is 3.44. The lowest BCUT2D eigenvalue weighted by molar-refractivity contribution is -0.133. The number of rotatable bonds is 6. The molecule has 1 heterocycles. The summed E-state index contributed by atoms with van der Waals surface area (Å²) in [5, 5.41) is 0. The average Bonchev–Trinajstić information content (AvgIpc) is 2.54. The van der Waals surface area contributed by atoms with Gasteiger partial charge in [0, 0.05) is 42.3 Å². The van der Waals surface area contributed by atoms with E-state index in [4.69, 9.17) is 0 Å². The number of amides is 1. The number of pyridine rings is 1. The topological polar surface area (TPSA) is 42.3 Å². The van der Waals surface area contributed by atoms with Gasteiger partial charge in [-0.3, -0.25) is 9.59 Å². The first kappa shape index (κ1) is 17.5. The quantitative estimate of drug-likeness (QED) is 0.774. The maximum atomic E-state index is 12.6. The Kier molecular flexibility index (Phi) is 6.16. The molecule has 0 saturated heterocycles. The van der Waals surface area contributed by atoms with Gasteiger partial charge in [0.15, 0.2) is 0 Å². The van der Waals surface area contributed by atoms with E-state index in [9.17, 15) is 9.59 Å². The van der Waals surface area contributed by atoms with Gasteiger partial charge in [-0.25, -0.2) is 0 Å². The van der Waals surface area contributed by atoms with Gasteiger partial charge in [-0.1, -0.05) is 30.3 Å². The van der Waals surface area contributed by atoms with E-state index in [1.807, 2.05) is 49.1 Å². The van der Waals surface area contributed by atoms with Gasteiger partial charge in [0.05, 0.1) is 0 Å². The van der Waals surface area contributed by atoms with Crippen LogP contribution < -0.4 is 5.56 Å². The predicted molar refractivity (Wildman–Crippen MR) is 95.1 cm³/mol. The van der Waals surface area contributed by atoms with Crippen molar-refractivity contribution in [2.75, 3.05) is 0 Å². The molecule has 0 atom stereocenters. The van der Waals surface area contributed by atoms with E-state index >= 15 is 0 Å². The molecule has 122 valence electrons. The average molecular weight is 377 g/mol. The summed E-state index contributed by atoms with van der Waals surface area (Å²) in [5.74, 6) is 0.0516. The van der Waals surface area contributed by atoms with Crippen LogP contribution in [0.1, 0.15) is 25.8 Å². The summed E-state index contributed by atoms with van der Waals surface area (Å²) >= 11 is 3.34. The third-order valence-electron chi connectivity index (χ3n) is 3.65. The highest BCUT2D eigenvalue weighted by molar-refractivity contribution is 9.10. The third kappa shape index (κ3) is 5.06. The van der Waals surface area contributed by atoms with E-state index in [-0.39, 0.29) is 17.5 Å². The van der Waals surface area contributed by atoms with Crippen molar-refractivity contribution >= 4 is 21.8 Å². The molecule has 5 heteroatoms. The molecule has 1 aromatic heterocycles. The summed E-state index contributed by atoms with van der Waals surface area (Å²) in [6.45, 7) is 4.98. The summed E-state index contributed by atoms with van der Waals surface area (Å²) < 4.78 is 2.39. The number of hydrogen-bond acceptors (Lipinski definition) is 2. The second-order valence-corrected chi connectivity index (χ2v) is 6.65. The SMILES string of the molecule is CC(C)N(Cc1ccccc1)C(=O)CCn1cc(Br)ccc1=O. The van der Waals surface area contributed by atoms with Crippen molar-refractivity contribution in [2.24, 2.45) is 0 Å². The van der Waals surface area contributed by atoms with E-state index in [2.05, 4.69) is 15.9 Å². The van der Waals surface area contributed by atoms with E-state index in [1.165, 1.54) is 6.07 Å². The number of benzene rings is 1. The van der Waals surface area contributed by atoms with Crippen LogP contribution >= 0.6 is 15.9 Å². The van der Waals surface area contributed by atoms with E-state index in [0.717, 1.165) is 10.0 Å². The molecule has 0 aliphatic rings. The van der Waals surface area contributed by atoms with Crippen molar-refractivity contribution in [3.63, 3.8) is 0 Å². The first-order valence-corrected chi connectivity index (χ1v) is 8.46. The number of nitrogens with zero attached hydrogens (tertiary/aromatic N) is 2. The van der Waals surface area contributed by atoms with Crippen LogP contribution in [0.2, 0.25) is 0 Å². The second-order valence-electron chi connectivity index (χ2n) is 5.73. The van der Waals surface area contributed by atoms with Gasteiger partial charge in [-0.05, 0) is 41.4 Å². The minimum atomic E-state index is -0.0971.